The van der Waals surface area contributed by atoms with Crippen molar-refractivity contribution < 1.29 is 5.11 Å². The first-order valence-corrected chi connectivity index (χ1v) is 7.44. The normalized spacial score (nSPS) is 14.2. The molecule has 3 rings (SSSR count). The summed E-state index contributed by atoms with van der Waals surface area (Å²) in [6.07, 6.45) is 2.51. The van der Waals surface area contributed by atoms with Gasteiger partial charge >= 0.3 is 0 Å². The molecule has 1 heterocycles. The van der Waals surface area contributed by atoms with Gasteiger partial charge in [0.15, 0.2) is 0 Å². The highest BCUT2D eigenvalue weighted by Gasteiger charge is 2.17. The van der Waals surface area contributed by atoms with Crippen molar-refractivity contribution in [3.8, 4) is 0 Å². The van der Waals surface area contributed by atoms with Gasteiger partial charge in [0.05, 0.1) is 6.10 Å². The van der Waals surface area contributed by atoms with Crippen LogP contribution in [0.25, 0.3) is 10.9 Å². The van der Waals surface area contributed by atoms with Crippen LogP contribution < -0.4 is 0 Å². The highest BCUT2D eigenvalue weighted by atomic mass is 16.3. The average Bonchev–Trinajstić information content (AvgIpc) is 2.86. The summed E-state index contributed by atoms with van der Waals surface area (Å²) >= 11 is 0. The van der Waals surface area contributed by atoms with E-state index in [4.69, 9.17) is 0 Å². The van der Waals surface area contributed by atoms with Gasteiger partial charge in [-0.15, -0.1) is 0 Å². The minimum absolute atomic E-state index is 0.311. The Morgan fingerprint density at radius 3 is 2.43 bits per heavy atom. The van der Waals surface area contributed by atoms with Crippen molar-refractivity contribution in [2.45, 2.75) is 25.4 Å². The fourth-order valence-corrected chi connectivity index (χ4v) is 3.04. The zero-order chi connectivity index (χ0) is 14.8. The van der Waals surface area contributed by atoms with E-state index in [0.717, 1.165) is 12.0 Å². The van der Waals surface area contributed by atoms with Gasteiger partial charge < -0.3 is 9.67 Å². The zero-order valence-electron chi connectivity index (χ0n) is 12.5. The lowest BCUT2D eigenvalue weighted by Gasteiger charge is -2.16. The number of nitrogens with zero attached hydrogens (tertiary/aromatic N) is 1. The van der Waals surface area contributed by atoms with E-state index in [9.17, 15) is 5.11 Å². The van der Waals surface area contributed by atoms with E-state index < -0.39 is 6.10 Å². The van der Waals surface area contributed by atoms with Gasteiger partial charge in [-0.1, -0.05) is 55.5 Å². The summed E-state index contributed by atoms with van der Waals surface area (Å²) in [5.74, 6) is 0.311. The third-order valence-electron chi connectivity index (χ3n) is 4.22. The standard InChI is InChI=1S/C19H21NO/c1-14(12-19(21)15-8-4-3-5-9-15)17-13-20(2)18-11-7-6-10-16(17)18/h3-11,13-14,19,21H,12H2,1-2H3/t14-,19?/m1/s1. The van der Waals surface area contributed by atoms with Gasteiger partial charge in [-0.3, -0.25) is 0 Å². The van der Waals surface area contributed by atoms with Crippen molar-refractivity contribution in [3.63, 3.8) is 0 Å². The van der Waals surface area contributed by atoms with Gasteiger partial charge in [0.25, 0.3) is 0 Å². The number of hydrogen-bond acceptors (Lipinski definition) is 1. The van der Waals surface area contributed by atoms with E-state index >= 15 is 0 Å². The number of para-hydroxylation sites is 1. The van der Waals surface area contributed by atoms with E-state index in [1.807, 2.05) is 30.3 Å². The molecule has 0 radical (unpaired) electrons. The number of aryl methyl sites for hydroxylation is 1. The van der Waals surface area contributed by atoms with Crippen LogP contribution >= 0.6 is 0 Å². The largest absolute Gasteiger partial charge is 0.388 e. The second-order valence-electron chi connectivity index (χ2n) is 5.78. The summed E-state index contributed by atoms with van der Waals surface area (Å²) in [6.45, 7) is 2.19. The number of fused-ring (bicyclic) bond motifs is 1. The van der Waals surface area contributed by atoms with Crippen LogP contribution in [0.5, 0.6) is 0 Å². The van der Waals surface area contributed by atoms with Crippen LogP contribution in [0.2, 0.25) is 0 Å². The van der Waals surface area contributed by atoms with E-state index in [1.165, 1.54) is 16.5 Å². The molecular weight excluding hydrogens is 258 g/mol. The molecule has 2 aromatic carbocycles. The molecule has 1 N–H and O–H groups in total. The molecule has 0 fully saturated rings. The Morgan fingerprint density at radius 1 is 1.00 bits per heavy atom. The number of hydrogen-bond donors (Lipinski definition) is 1. The van der Waals surface area contributed by atoms with E-state index in [0.29, 0.717) is 5.92 Å². The van der Waals surface area contributed by atoms with Gasteiger partial charge in [0.2, 0.25) is 0 Å². The third kappa shape index (κ3) is 2.72. The SMILES string of the molecule is C[C@H](CC(O)c1ccccc1)c1cn(C)c2ccccc12. The van der Waals surface area contributed by atoms with Crippen molar-refractivity contribution in [1.82, 2.24) is 4.57 Å². The average molecular weight is 279 g/mol. The van der Waals surface area contributed by atoms with Crippen LogP contribution in [-0.2, 0) is 7.05 Å². The molecule has 0 amide bonds. The molecule has 108 valence electrons. The molecular formula is C19H21NO. The molecule has 3 aromatic rings. The highest BCUT2D eigenvalue weighted by Crippen LogP contribution is 2.33. The Bertz CT molecular complexity index is 730. The van der Waals surface area contributed by atoms with Crippen molar-refractivity contribution in [2.75, 3.05) is 0 Å². The number of aliphatic hydroxyl groups excluding tert-OH is 1. The van der Waals surface area contributed by atoms with Crippen LogP contribution in [0.3, 0.4) is 0 Å². The van der Waals surface area contributed by atoms with E-state index in [2.05, 4.69) is 49.0 Å². The maximum atomic E-state index is 10.4. The lowest BCUT2D eigenvalue weighted by molar-refractivity contribution is 0.160. The molecule has 1 aromatic heterocycles. The summed E-state index contributed by atoms with van der Waals surface area (Å²) in [4.78, 5) is 0. The van der Waals surface area contributed by atoms with Crippen LogP contribution in [0.1, 0.15) is 36.5 Å². The van der Waals surface area contributed by atoms with Crippen molar-refractivity contribution >= 4 is 10.9 Å². The van der Waals surface area contributed by atoms with Gasteiger partial charge in [-0.25, -0.2) is 0 Å². The van der Waals surface area contributed by atoms with Gasteiger partial charge in [0.1, 0.15) is 0 Å². The maximum Gasteiger partial charge on any atom is 0.0795 e. The molecule has 0 bridgehead atoms. The molecule has 0 aliphatic carbocycles. The lowest BCUT2D eigenvalue weighted by Crippen LogP contribution is -2.03. The number of aliphatic hydroxyl groups is 1. The Hall–Kier alpha value is -2.06. The highest BCUT2D eigenvalue weighted by molar-refractivity contribution is 5.84. The summed E-state index contributed by atoms with van der Waals surface area (Å²) in [7, 11) is 2.08. The first-order chi connectivity index (χ1) is 10.2. The second-order valence-corrected chi connectivity index (χ2v) is 5.78. The van der Waals surface area contributed by atoms with Gasteiger partial charge in [0, 0.05) is 24.1 Å². The van der Waals surface area contributed by atoms with Crippen molar-refractivity contribution in [1.29, 1.82) is 0 Å². The minimum Gasteiger partial charge on any atom is -0.388 e. The lowest BCUT2D eigenvalue weighted by atomic mass is 9.92. The van der Waals surface area contributed by atoms with Crippen molar-refractivity contribution in [3.05, 3.63) is 71.9 Å². The number of benzene rings is 2. The minimum atomic E-state index is -0.417. The van der Waals surface area contributed by atoms with Crippen LogP contribution in [-0.4, -0.2) is 9.67 Å². The summed E-state index contributed by atoms with van der Waals surface area (Å²) in [6, 6.07) is 18.3. The molecule has 2 atom stereocenters. The molecule has 2 nitrogen and oxygen atoms in total. The van der Waals surface area contributed by atoms with Gasteiger partial charge in [-0.05, 0) is 29.5 Å². The first-order valence-electron chi connectivity index (χ1n) is 7.44. The smallest absolute Gasteiger partial charge is 0.0795 e. The molecule has 0 saturated heterocycles. The predicted molar refractivity (Wildman–Crippen MR) is 87.4 cm³/mol. The second kappa shape index (κ2) is 5.74. The molecule has 0 aliphatic rings. The Morgan fingerprint density at radius 2 is 1.67 bits per heavy atom. The number of rotatable bonds is 4. The van der Waals surface area contributed by atoms with Crippen molar-refractivity contribution in [2.24, 2.45) is 7.05 Å². The molecule has 0 aliphatic heterocycles. The summed E-state index contributed by atoms with van der Waals surface area (Å²) in [5.41, 5.74) is 3.54. The Kier molecular flexibility index (Phi) is 3.80. The topological polar surface area (TPSA) is 25.2 Å². The van der Waals surface area contributed by atoms with E-state index in [1.54, 1.807) is 0 Å². The molecule has 2 heteroatoms. The number of aromatic nitrogens is 1. The monoisotopic (exact) mass is 279 g/mol. The Labute approximate surface area is 125 Å². The molecule has 0 saturated carbocycles. The molecule has 21 heavy (non-hydrogen) atoms. The Balaban J connectivity index is 1.86. The van der Waals surface area contributed by atoms with Crippen LogP contribution in [0, 0.1) is 0 Å². The predicted octanol–water partition coefficient (Wildman–Crippen LogP) is 4.41. The fourth-order valence-electron chi connectivity index (χ4n) is 3.04. The summed E-state index contributed by atoms with van der Waals surface area (Å²) in [5, 5.41) is 11.7. The zero-order valence-corrected chi connectivity index (χ0v) is 12.5. The van der Waals surface area contributed by atoms with Gasteiger partial charge in [-0.2, -0.15) is 0 Å². The summed E-state index contributed by atoms with van der Waals surface area (Å²) < 4.78 is 2.16. The first kappa shape index (κ1) is 13.9. The quantitative estimate of drug-likeness (QED) is 0.752. The molecule has 0 spiro atoms. The molecule has 1 unspecified atom stereocenters. The fraction of sp³-hybridized carbons (Fsp3) is 0.263. The van der Waals surface area contributed by atoms with Crippen LogP contribution in [0.15, 0.2) is 60.8 Å². The van der Waals surface area contributed by atoms with Crippen LogP contribution in [0.4, 0.5) is 0 Å². The maximum absolute atomic E-state index is 10.4. The third-order valence-corrected chi connectivity index (χ3v) is 4.22. The van der Waals surface area contributed by atoms with E-state index in [-0.39, 0.29) is 0 Å².